The largest absolute Gasteiger partial charge is 0.619 e. The van der Waals surface area contributed by atoms with Crippen LogP contribution in [0.15, 0.2) is 42.7 Å². The van der Waals surface area contributed by atoms with Gasteiger partial charge in [-0.05, 0) is 31.2 Å². The van der Waals surface area contributed by atoms with Crippen molar-refractivity contribution < 1.29 is 19.0 Å². The fraction of sp³-hybridized carbons (Fsp3) is 0.167. The molecule has 2 aromatic heterocycles. The van der Waals surface area contributed by atoms with E-state index in [0.29, 0.717) is 21.4 Å². The van der Waals surface area contributed by atoms with Gasteiger partial charge in [0, 0.05) is 16.5 Å². The third kappa shape index (κ3) is 3.60. The average Bonchev–Trinajstić information content (AvgIpc) is 3.01. The molecule has 0 aliphatic heterocycles. The predicted octanol–water partition coefficient (Wildman–Crippen LogP) is 3.02. The van der Waals surface area contributed by atoms with Crippen LogP contribution in [0.4, 0.5) is 5.13 Å². The van der Waals surface area contributed by atoms with E-state index >= 15 is 0 Å². The Kier molecular flexibility index (Phi) is 5.04. The molecular formula is C18H17N3O4S. The number of nitrogens with zero attached hydrogens (tertiary/aromatic N) is 2. The van der Waals surface area contributed by atoms with Crippen LogP contribution in [0.2, 0.25) is 0 Å². The van der Waals surface area contributed by atoms with Crippen molar-refractivity contribution in [1.82, 2.24) is 4.98 Å². The molecule has 0 saturated heterocycles. The summed E-state index contributed by atoms with van der Waals surface area (Å²) in [4.78, 5) is 17.7. The van der Waals surface area contributed by atoms with Crippen LogP contribution in [0.5, 0.6) is 11.5 Å². The van der Waals surface area contributed by atoms with Gasteiger partial charge in [-0.1, -0.05) is 0 Å². The number of aromatic nitrogens is 2. The summed E-state index contributed by atoms with van der Waals surface area (Å²) in [6.45, 7) is 1.92. The zero-order chi connectivity index (χ0) is 18.7. The molecule has 3 rings (SSSR count). The number of aryl methyl sites for hydroxylation is 1. The smallest absolute Gasteiger partial charge is 0.263 e. The maximum atomic E-state index is 12.3. The summed E-state index contributed by atoms with van der Waals surface area (Å²) in [5.41, 5.74) is 1.87. The predicted molar refractivity (Wildman–Crippen MR) is 98.7 cm³/mol. The number of nitrogens with one attached hydrogen (secondary N) is 1. The molecule has 8 heteroatoms. The number of benzene rings is 1. The Morgan fingerprint density at radius 3 is 2.69 bits per heavy atom. The standard InChI is InChI=1S/C18H17N3O4S/c1-11-16(12-6-7-14(24-2)15(9-12)25-3)19-18(26-11)20-17(22)13-5-4-8-21(23)10-13/h4-10H,1-3H3,(H,19,20,22). The number of rotatable bonds is 5. The number of carbonyl (C=O) groups excluding carboxylic acids is 1. The van der Waals surface area contributed by atoms with E-state index in [9.17, 15) is 10.0 Å². The van der Waals surface area contributed by atoms with E-state index in [4.69, 9.17) is 9.47 Å². The zero-order valence-electron chi connectivity index (χ0n) is 14.5. The fourth-order valence-corrected chi connectivity index (χ4v) is 3.29. The maximum Gasteiger partial charge on any atom is 0.263 e. The fourth-order valence-electron chi connectivity index (χ4n) is 2.46. The highest BCUT2D eigenvalue weighted by molar-refractivity contribution is 7.16. The third-order valence-corrected chi connectivity index (χ3v) is 4.60. The number of pyridine rings is 1. The first-order valence-electron chi connectivity index (χ1n) is 7.72. The van der Waals surface area contributed by atoms with Gasteiger partial charge in [-0.15, -0.1) is 11.3 Å². The Bertz CT molecular complexity index is 955. The summed E-state index contributed by atoms with van der Waals surface area (Å²) < 4.78 is 11.2. The molecule has 0 aliphatic rings. The molecule has 1 aromatic carbocycles. The SMILES string of the molecule is COc1ccc(-c2nc(NC(=O)c3ccc[n+]([O-])c3)sc2C)cc1OC. The number of anilines is 1. The van der Waals surface area contributed by atoms with Gasteiger partial charge in [0.25, 0.3) is 5.91 Å². The number of carbonyl (C=O) groups is 1. The van der Waals surface area contributed by atoms with Crippen molar-refractivity contribution in [2.75, 3.05) is 19.5 Å². The minimum Gasteiger partial charge on any atom is -0.619 e. The van der Waals surface area contributed by atoms with Crippen molar-refractivity contribution in [3.05, 3.63) is 58.4 Å². The maximum absolute atomic E-state index is 12.3. The molecule has 0 unspecified atom stereocenters. The van der Waals surface area contributed by atoms with Crippen LogP contribution in [-0.4, -0.2) is 25.1 Å². The van der Waals surface area contributed by atoms with Gasteiger partial charge in [0.05, 0.1) is 19.9 Å². The molecule has 0 bridgehead atoms. The van der Waals surface area contributed by atoms with Gasteiger partial charge in [0.2, 0.25) is 0 Å². The van der Waals surface area contributed by atoms with Crippen molar-refractivity contribution in [1.29, 1.82) is 0 Å². The molecule has 1 amide bonds. The summed E-state index contributed by atoms with van der Waals surface area (Å²) in [6, 6.07) is 8.61. The van der Waals surface area contributed by atoms with E-state index in [1.54, 1.807) is 20.3 Å². The van der Waals surface area contributed by atoms with Gasteiger partial charge in [0.1, 0.15) is 5.56 Å². The van der Waals surface area contributed by atoms with Gasteiger partial charge in [-0.3, -0.25) is 10.1 Å². The van der Waals surface area contributed by atoms with E-state index in [1.165, 1.54) is 29.8 Å². The van der Waals surface area contributed by atoms with Crippen molar-refractivity contribution in [3.8, 4) is 22.8 Å². The highest BCUT2D eigenvalue weighted by Crippen LogP contribution is 2.36. The number of ether oxygens (including phenoxy) is 2. The Balaban J connectivity index is 1.86. The van der Waals surface area contributed by atoms with Gasteiger partial charge in [-0.2, -0.15) is 4.73 Å². The molecule has 0 radical (unpaired) electrons. The van der Waals surface area contributed by atoms with Crippen LogP contribution in [0, 0.1) is 12.1 Å². The second-order valence-corrected chi connectivity index (χ2v) is 6.60. The summed E-state index contributed by atoms with van der Waals surface area (Å²) in [5, 5.41) is 14.5. The number of hydrogen-bond donors (Lipinski definition) is 1. The summed E-state index contributed by atoms with van der Waals surface area (Å²) in [5.74, 6) is 0.850. The quantitative estimate of drug-likeness (QED) is 0.550. The van der Waals surface area contributed by atoms with E-state index in [-0.39, 0.29) is 11.5 Å². The van der Waals surface area contributed by atoms with Gasteiger partial charge < -0.3 is 14.7 Å². The normalized spacial score (nSPS) is 10.4. The topological polar surface area (TPSA) is 87.4 Å². The van der Waals surface area contributed by atoms with Gasteiger partial charge in [0.15, 0.2) is 29.0 Å². The lowest BCUT2D eigenvalue weighted by Gasteiger charge is -2.08. The molecule has 1 N–H and O–H groups in total. The van der Waals surface area contributed by atoms with Crippen LogP contribution < -0.4 is 19.5 Å². The highest BCUT2D eigenvalue weighted by Gasteiger charge is 2.16. The van der Waals surface area contributed by atoms with Crippen LogP contribution in [0.25, 0.3) is 11.3 Å². The molecule has 2 heterocycles. The second-order valence-electron chi connectivity index (χ2n) is 5.40. The van der Waals surface area contributed by atoms with Crippen LogP contribution >= 0.6 is 11.3 Å². The number of amides is 1. The summed E-state index contributed by atoms with van der Waals surface area (Å²) >= 11 is 1.36. The number of methoxy groups -OCH3 is 2. The lowest BCUT2D eigenvalue weighted by atomic mass is 10.1. The van der Waals surface area contributed by atoms with Crippen LogP contribution in [-0.2, 0) is 0 Å². The second kappa shape index (κ2) is 7.40. The summed E-state index contributed by atoms with van der Waals surface area (Å²) in [6.07, 6.45) is 2.53. The molecule has 7 nitrogen and oxygen atoms in total. The van der Waals surface area contributed by atoms with Crippen molar-refractivity contribution >= 4 is 22.4 Å². The van der Waals surface area contributed by atoms with E-state index in [1.807, 2.05) is 25.1 Å². The number of hydrogen-bond acceptors (Lipinski definition) is 6. The Labute approximate surface area is 154 Å². The van der Waals surface area contributed by atoms with Crippen molar-refractivity contribution in [2.45, 2.75) is 6.92 Å². The monoisotopic (exact) mass is 371 g/mol. The van der Waals surface area contributed by atoms with Gasteiger partial charge >= 0.3 is 0 Å². The lowest BCUT2D eigenvalue weighted by Crippen LogP contribution is -2.27. The molecular weight excluding hydrogens is 354 g/mol. The Morgan fingerprint density at radius 2 is 2.00 bits per heavy atom. The lowest BCUT2D eigenvalue weighted by molar-refractivity contribution is -0.605. The first-order chi connectivity index (χ1) is 12.5. The first kappa shape index (κ1) is 17.7. The molecule has 0 atom stereocenters. The van der Waals surface area contributed by atoms with E-state index in [2.05, 4.69) is 10.3 Å². The van der Waals surface area contributed by atoms with Crippen molar-refractivity contribution in [3.63, 3.8) is 0 Å². The Morgan fingerprint density at radius 1 is 1.23 bits per heavy atom. The third-order valence-electron chi connectivity index (χ3n) is 3.71. The molecule has 3 aromatic rings. The van der Waals surface area contributed by atoms with Crippen LogP contribution in [0.1, 0.15) is 15.2 Å². The van der Waals surface area contributed by atoms with E-state index in [0.717, 1.165) is 16.1 Å². The van der Waals surface area contributed by atoms with Gasteiger partial charge in [-0.25, -0.2) is 4.98 Å². The highest BCUT2D eigenvalue weighted by atomic mass is 32.1. The molecule has 26 heavy (non-hydrogen) atoms. The van der Waals surface area contributed by atoms with E-state index < -0.39 is 0 Å². The summed E-state index contributed by atoms with van der Waals surface area (Å²) in [7, 11) is 3.15. The average molecular weight is 371 g/mol. The molecule has 134 valence electrons. The zero-order valence-corrected chi connectivity index (χ0v) is 15.3. The Hall–Kier alpha value is -3.13. The molecule has 0 saturated carbocycles. The molecule has 0 spiro atoms. The number of thiazole rings is 1. The first-order valence-corrected chi connectivity index (χ1v) is 8.53. The minimum atomic E-state index is -0.386. The molecule has 0 fully saturated rings. The van der Waals surface area contributed by atoms with Crippen LogP contribution in [0.3, 0.4) is 0 Å². The molecule has 0 aliphatic carbocycles. The minimum absolute atomic E-state index is 0.267. The van der Waals surface area contributed by atoms with Crippen molar-refractivity contribution in [2.24, 2.45) is 0 Å².